The second-order valence-electron chi connectivity index (χ2n) is 5.96. The number of aliphatic hydroxyl groups is 1. The van der Waals surface area contributed by atoms with Crippen LogP contribution in [-0.4, -0.2) is 41.0 Å². The van der Waals surface area contributed by atoms with Gasteiger partial charge in [0.15, 0.2) is 0 Å². The van der Waals surface area contributed by atoms with Gasteiger partial charge in [0.2, 0.25) is 5.91 Å². The molecule has 0 radical (unpaired) electrons. The summed E-state index contributed by atoms with van der Waals surface area (Å²) in [5, 5.41) is 12.3. The van der Waals surface area contributed by atoms with Gasteiger partial charge in [-0.1, -0.05) is 24.3 Å². The van der Waals surface area contributed by atoms with Gasteiger partial charge < -0.3 is 15.3 Å². The van der Waals surface area contributed by atoms with Crippen LogP contribution in [0.4, 0.5) is 0 Å². The maximum absolute atomic E-state index is 12.9. The molecule has 5 nitrogen and oxygen atoms in total. The van der Waals surface area contributed by atoms with Crippen molar-refractivity contribution in [3.8, 4) is 0 Å². The van der Waals surface area contributed by atoms with Crippen LogP contribution in [0.15, 0.2) is 24.3 Å². The number of benzene rings is 1. The Kier molecular flexibility index (Phi) is 3.45. The van der Waals surface area contributed by atoms with E-state index < -0.39 is 11.6 Å². The molecule has 2 aliphatic rings. The zero-order valence-electron chi connectivity index (χ0n) is 12.1. The minimum Gasteiger partial charge on any atom is -0.389 e. The number of hydrogen-bond donors (Lipinski definition) is 2. The summed E-state index contributed by atoms with van der Waals surface area (Å²) in [5.74, 6) is -0.309. The van der Waals surface area contributed by atoms with Crippen molar-refractivity contribution < 1.29 is 14.7 Å². The van der Waals surface area contributed by atoms with Crippen molar-refractivity contribution >= 4 is 11.8 Å². The fourth-order valence-electron chi connectivity index (χ4n) is 3.43. The third-order valence-electron chi connectivity index (χ3n) is 4.38. The molecule has 0 aromatic heterocycles. The number of hydrogen-bond acceptors (Lipinski definition) is 3. The number of aliphatic hydroxyl groups excluding tert-OH is 1. The molecule has 1 heterocycles. The van der Waals surface area contributed by atoms with E-state index in [4.69, 9.17) is 0 Å². The molecule has 1 aromatic carbocycles. The van der Waals surface area contributed by atoms with Gasteiger partial charge >= 0.3 is 0 Å². The van der Waals surface area contributed by atoms with Gasteiger partial charge in [-0.25, -0.2) is 0 Å². The standard InChI is InChI=1S/C16H20N2O3/c1-11(19)17-16(15(21)18-9-13(20)10-18)8-4-6-12-5-2-3-7-14(12)16/h2-3,5,7,13,20H,4,6,8-10H2,1H3,(H,17,19). The largest absolute Gasteiger partial charge is 0.389 e. The van der Waals surface area contributed by atoms with Gasteiger partial charge in [-0.15, -0.1) is 0 Å². The molecule has 1 unspecified atom stereocenters. The number of carbonyl (C=O) groups is 2. The van der Waals surface area contributed by atoms with E-state index in [-0.39, 0.29) is 11.8 Å². The highest BCUT2D eigenvalue weighted by molar-refractivity contribution is 5.93. The van der Waals surface area contributed by atoms with Gasteiger partial charge in [-0.05, 0) is 30.4 Å². The molecule has 1 aliphatic carbocycles. The first kappa shape index (κ1) is 14.1. The molecule has 21 heavy (non-hydrogen) atoms. The zero-order chi connectivity index (χ0) is 15.0. The van der Waals surface area contributed by atoms with Crippen LogP contribution in [0.25, 0.3) is 0 Å². The average molecular weight is 288 g/mol. The predicted molar refractivity (Wildman–Crippen MR) is 77.5 cm³/mol. The SMILES string of the molecule is CC(=O)NC1(C(=O)N2CC(O)C2)CCCc2ccccc21. The first-order valence-electron chi connectivity index (χ1n) is 7.37. The fourth-order valence-corrected chi connectivity index (χ4v) is 3.43. The Hall–Kier alpha value is -1.88. The van der Waals surface area contributed by atoms with E-state index in [2.05, 4.69) is 5.32 Å². The summed E-state index contributed by atoms with van der Waals surface area (Å²) >= 11 is 0. The molecular weight excluding hydrogens is 268 g/mol. The van der Waals surface area contributed by atoms with Crippen molar-refractivity contribution in [3.63, 3.8) is 0 Å². The van der Waals surface area contributed by atoms with E-state index in [0.717, 1.165) is 24.0 Å². The first-order chi connectivity index (χ1) is 10.0. The molecule has 3 rings (SSSR count). The first-order valence-corrected chi connectivity index (χ1v) is 7.37. The molecule has 1 saturated heterocycles. The van der Waals surface area contributed by atoms with Crippen molar-refractivity contribution in [2.45, 2.75) is 37.8 Å². The number of rotatable bonds is 2. The van der Waals surface area contributed by atoms with Crippen molar-refractivity contribution in [2.24, 2.45) is 0 Å². The van der Waals surface area contributed by atoms with Crippen molar-refractivity contribution in [2.75, 3.05) is 13.1 Å². The highest BCUT2D eigenvalue weighted by Crippen LogP contribution is 2.37. The van der Waals surface area contributed by atoms with Gasteiger partial charge in [-0.3, -0.25) is 9.59 Å². The number of β-amino-alcohol motifs (C(OH)–C–C–N with tert-alkyl or cyclic N) is 1. The van der Waals surface area contributed by atoms with Crippen LogP contribution >= 0.6 is 0 Å². The summed E-state index contributed by atoms with van der Waals surface area (Å²) in [6.45, 7) is 2.14. The molecule has 1 fully saturated rings. The van der Waals surface area contributed by atoms with Gasteiger partial charge in [0.25, 0.3) is 5.91 Å². The van der Waals surface area contributed by atoms with Crippen LogP contribution in [0.2, 0.25) is 0 Å². The van der Waals surface area contributed by atoms with Crippen molar-refractivity contribution in [1.29, 1.82) is 0 Å². The molecule has 1 aliphatic heterocycles. The molecule has 0 bridgehead atoms. The Balaban J connectivity index is 2.02. The minimum absolute atomic E-state index is 0.102. The quantitative estimate of drug-likeness (QED) is 0.835. The maximum Gasteiger partial charge on any atom is 0.253 e. The Morgan fingerprint density at radius 2 is 2.05 bits per heavy atom. The van der Waals surface area contributed by atoms with Crippen LogP contribution in [0.1, 0.15) is 30.9 Å². The molecule has 112 valence electrons. The van der Waals surface area contributed by atoms with E-state index >= 15 is 0 Å². The topological polar surface area (TPSA) is 69.6 Å². The molecule has 5 heteroatoms. The van der Waals surface area contributed by atoms with E-state index in [1.54, 1.807) is 4.90 Å². The van der Waals surface area contributed by atoms with E-state index in [0.29, 0.717) is 19.5 Å². The third-order valence-corrected chi connectivity index (χ3v) is 4.38. The summed E-state index contributed by atoms with van der Waals surface area (Å²) in [7, 11) is 0. The third kappa shape index (κ3) is 2.31. The maximum atomic E-state index is 12.9. The lowest BCUT2D eigenvalue weighted by atomic mass is 9.75. The van der Waals surface area contributed by atoms with Crippen LogP contribution in [0.5, 0.6) is 0 Å². The Morgan fingerprint density at radius 3 is 2.71 bits per heavy atom. The molecule has 0 spiro atoms. The van der Waals surface area contributed by atoms with E-state index in [9.17, 15) is 14.7 Å². The number of fused-ring (bicyclic) bond motifs is 1. The molecule has 2 amide bonds. The summed E-state index contributed by atoms with van der Waals surface area (Å²) < 4.78 is 0. The van der Waals surface area contributed by atoms with E-state index in [1.807, 2.05) is 24.3 Å². The normalized spacial score (nSPS) is 25.0. The predicted octanol–water partition coefficient (Wildman–Crippen LogP) is 0.557. The Bertz CT molecular complexity index is 581. The average Bonchev–Trinajstić information content (AvgIpc) is 2.43. The van der Waals surface area contributed by atoms with Crippen LogP contribution in [-0.2, 0) is 21.5 Å². The summed E-state index contributed by atoms with van der Waals surface area (Å²) in [5.41, 5.74) is 1.05. The highest BCUT2D eigenvalue weighted by atomic mass is 16.3. The minimum atomic E-state index is -0.971. The van der Waals surface area contributed by atoms with Crippen molar-refractivity contribution in [3.05, 3.63) is 35.4 Å². The number of aryl methyl sites for hydroxylation is 1. The summed E-state index contributed by atoms with van der Waals surface area (Å²) in [6.07, 6.45) is 1.95. The smallest absolute Gasteiger partial charge is 0.253 e. The number of nitrogens with one attached hydrogen (secondary N) is 1. The van der Waals surface area contributed by atoms with Gasteiger partial charge in [0.1, 0.15) is 5.54 Å². The Morgan fingerprint density at radius 1 is 1.33 bits per heavy atom. The van der Waals surface area contributed by atoms with Gasteiger partial charge in [0.05, 0.1) is 6.10 Å². The summed E-state index contributed by atoms with van der Waals surface area (Å²) in [4.78, 5) is 26.3. The van der Waals surface area contributed by atoms with Gasteiger partial charge in [-0.2, -0.15) is 0 Å². The number of carbonyl (C=O) groups excluding carboxylic acids is 2. The molecular formula is C16H20N2O3. The molecule has 1 atom stereocenters. The van der Waals surface area contributed by atoms with Crippen molar-refractivity contribution in [1.82, 2.24) is 10.2 Å². The Labute approximate surface area is 123 Å². The zero-order valence-corrected chi connectivity index (χ0v) is 12.1. The monoisotopic (exact) mass is 288 g/mol. The van der Waals surface area contributed by atoms with E-state index in [1.165, 1.54) is 6.92 Å². The highest BCUT2D eigenvalue weighted by Gasteiger charge is 2.48. The molecule has 1 aromatic rings. The second-order valence-corrected chi connectivity index (χ2v) is 5.96. The van der Waals surface area contributed by atoms with Crippen LogP contribution in [0, 0.1) is 0 Å². The lowest BCUT2D eigenvalue weighted by Crippen LogP contribution is -2.64. The number of nitrogens with zero attached hydrogens (tertiary/aromatic N) is 1. The van der Waals surface area contributed by atoms with Crippen LogP contribution in [0.3, 0.4) is 0 Å². The van der Waals surface area contributed by atoms with Crippen LogP contribution < -0.4 is 5.32 Å². The number of likely N-dealkylation sites (tertiary alicyclic amines) is 1. The lowest BCUT2D eigenvalue weighted by Gasteiger charge is -2.45. The number of amides is 2. The molecule has 0 saturated carbocycles. The fraction of sp³-hybridized carbons (Fsp3) is 0.500. The van der Waals surface area contributed by atoms with Gasteiger partial charge in [0, 0.05) is 20.0 Å². The summed E-state index contributed by atoms with van der Waals surface area (Å²) in [6, 6.07) is 7.81. The lowest BCUT2D eigenvalue weighted by molar-refractivity contribution is -0.152. The molecule has 2 N–H and O–H groups in total. The second kappa shape index (κ2) is 5.15.